The minimum Gasteiger partial charge on any atom is -0.459 e. The molecule has 0 fully saturated rings. The Morgan fingerprint density at radius 3 is 2.56 bits per heavy atom. The van der Waals surface area contributed by atoms with Gasteiger partial charge >= 0.3 is 0 Å². The molecule has 0 bridgehead atoms. The molecule has 25 heavy (non-hydrogen) atoms. The SMILES string of the molecule is CN(Cc1cc2ccccc2o1)c1cc([N+](=O)[O-])cc(S(N)(=O)=O)c1. The first-order valence-corrected chi connectivity index (χ1v) is 8.79. The van der Waals surface area contributed by atoms with Gasteiger partial charge in [-0.3, -0.25) is 10.1 Å². The maximum atomic E-state index is 11.6. The van der Waals surface area contributed by atoms with Gasteiger partial charge in [0.2, 0.25) is 10.0 Å². The number of non-ortho nitro benzene ring substituents is 1. The highest BCUT2D eigenvalue weighted by atomic mass is 32.2. The molecule has 130 valence electrons. The molecule has 1 aromatic heterocycles. The molecule has 2 aromatic carbocycles. The van der Waals surface area contributed by atoms with Crippen LogP contribution in [0.25, 0.3) is 11.0 Å². The van der Waals surface area contributed by atoms with Gasteiger partial charge in [-0.25, -0.2) is 13.6 Å². The lowest BCUT2D eigenvalue weighted by Gasteiger charge is -2.18. The van der Waals surface area contributed by atoms with Gasteiger partial charge in [0.25, 0.3) is 5.69 Å². The zero-order chi connectivity index (χ0) is 18.2. The number of furan rings is 1. The zero-order valence-electron chi connectivity index (χ0n) is 13.2. The standard InChI is InChI=1S/C16H15N3O5S/c1-18(10-14-6-11-4-2-3-5-16(11)24-14)12-7-13(19(20)21)9-15(8-12)25(17,22)23/h2-9H,10H2,1H3,(H2,17,22,23). The maximum Gasteiger partial charge on any atom is 0.272 e. The Bertz CT molecular complexity index is 1030. The molecule has 0 radical (unpaired) electrons. The predicted octanol–water partition coefficient (Wildman–Crippen LogP) is 2.62. The lowest BCUT2D eigenvalue weighted by atomic mass is 10.2. The van der Waals surface area contributed by atoms with Crippen LogP contribution in [0.3, 0.4) is 0 Å². The second-order valence-electron chi connectivity index (χ2n) is 5.59. The highest BCUT2D eigenvalue weighted by Crippen LogP contribution is 2.27. The number of rotatable bonds is 5. The normalized spacial score (nSPS) is 11.6. The van der Waals surface area contributed by atoms with E-state index in [0.717, 1.165) is 17.0 Å². The van der Waals surface area contributed by atoms with Crippen LogP contribution in [0.15, 0.2) is 57.8 Å². The van der Waals surface area contributed by atoms with E-state index in [9.17, 15) is 18.5 Å². The van der Waals surface area contributed by atoms with Crippen molar-refractivity contribution in [1.29, 1.82) is 0 Å². The van der Waals surface area contributed by atoms with Crippen LogP contribution in [0.2, 0.25) is 0 Å². The molecule has 0 saturated heterocycles. The van der Waals surface area contributed by atoms with E-state index in [1.807, 2.05) is 30.3 Å². The van der Waals surface area contributed by atoms with Gasteiger partial charge in [-0.05, 0) is 18.2 Å². The van der Waals surface area contributed by atoms with E-state index in [2.05, 4.69) is 0 Å². The summed E-state index contributed by atoms with van der Waals surface area (Å²) in [5, 5.41) is 17.1. The van der Waals surface area contributed by atoms with Crippen molar-refractivity contribution in [3.63, 3.8) is 0 Å². The second kappa shape index (κ2) is 6.19. The molecule has 3 aromatic rings. The first-order chi connectivity index (χ1) is 11.7. The predicted molar refractivity (Wildman–Crippen MR) is 92.8 cm³/mol. The highest BCUT2D eigenvalue weighted by Gasteiger charge is 2.18. The maximum absolute atomic E-state index is 11.6. The molecule has 3 rings (SSSR count). The second-order valence-corrected chi connectivity index (χ2v) is 7.16. The number of nitro benzene ring substituents is 1. The van der Waals surface area contributed by atoms with Crippen molar-refractivity contribution in [3.05, 3.63) is 64.4 Å². The molecule has 0 atom stereocenters. The van der Waals surface area contributed by atoms with Crippen LogP contribution in [0.1, 0.15) is 5.76 Å². The number of anilines is 1. The summed E-state index contributed by atoms with van der Waals surface area (Å²) < 4.78 is 28.9. The Labute approximate surface area is 143 Å². The van der Waals surface area contributed by atoms with Crippen LogP contribution in [0, 0.1) is 10.1 Å². The van der Waals surface area contributed by atoms with Crippen LogP contribution >= 0.6 is 0 Å². The van der Waals surface area contributed by atoms with Crippen molar-refractivity contribution in [2.24, 2.45) is 5.14 Å². The first kappa shape index (κ1) is 16.9. The molecule has 0 aliphatic heterocycles. The Kier molecular flexibility index (Phi) is 4.19. The number of fused-ring (bicyclic) bond motifs is 1. The van der Waals surface area contributed by atoms with Gasteiger partial charge in [-0.15, -0.1) is 0 Å². The van der Waals surface area contributed by atoms with Crippen LogP contribution in [-0.4, -0.2) is 20.4 Å². The summed E-state index contributed by atoms with van der Waals surface area (Å²) in [7, 11) is -2.38. The third kappa shape index (κ3) is 3.62. The fraction of sp³-hybridized carbons (Fsp3) is 0.125. The number of hydrogen-bond donors (Lipinski definition) is 1. The summed E-state index contributed by atoms with van der Waals surface area (Å²) in [5.74, 6) is 0.646. The molecule has 0 saturated carbocycles. The fourth-order valence-electron chi connectivity index (χ4n) is 2.50. The minimum atomic E-state index is -4.06. The molecule has 9 heteroatoms. The topological polar surface area (TPSA) is 120 Å². The van der Waals surface area contributed by atoms with E-state index in [1.54, 1.807) is 11.9 Å². The third-order valence-corrected chi connectivity index (χ3v) is 4.62. The molecule has 0 aliphatic carbocycles. The highest BCUT2D eigenvalue weighted by molar-refractivity contribution is 7.89. The van der Waals surface area contributed by atoms with Crippen LogP contribution in [0.5, 0.6) is 0 Å². The summed E-state index contributed by atoms with van der Waals surface area (Å²) in [6.07, 6.45) is 0. The number of benzene rings is 2. The fourth-order valence-corrected chi connectivity index (χ4v) is 3.07. The minimum absolute atomic E-state index is 0.305. The van der Waals surface area contributed by atoms with Gasteiger partial charge in [0.1, 0.15) is 11.3 Å². The van der Waals surface area contributed by atoms with Crippen molar-refractivity contribution in [3.8, 4) is 0 Å². The molecule has 2 N–H and O–H groups in total. The van der Waals surface area contributed by atoms with Gasteiger partial charge < -0.3 is 9.32 Å². The summed E-state index contributed by atoms with van der Waals surface area (Å²) in [5.41, 5.74) is 0.729. The third-order valence-electron chi connectivity index (χ3n) is 3.73. The van der Waals surface area contributed by atoms with Crippen LogP contribution < -0.4 is 10.0 Å². The molecular weight excluding hydrogens is 346 g/mol. The van der Waals surface area contributed by atoms with E-state index in [0.29, 0.717) is 18.0 Å². The van der Waals surface area contributed by atoms with Gasteiger partial charge in [-0.1, -0.05) is 18.2 Å². The molecule has 8 nitrogen and oxygen atoms in total. The van der Waals surface area contributed by atoms with Crippen molar-refractivity contribution in [2.75, 3.05) is 11.9 Å². The number of hydrogen-bond acceptors (Lipinski definition) is 6. The molecule has 0 spiro atoms. The van der Waals surface area contributed by atoms with Gasteiger partial charge in [-0.2, -0.15) is 0 Å². The molecule has 0 unspecified atom stereocenters. The van der Waals surface area contributed by atoms with Crippen molar-refractivity contribution < 1.29 is 17.8 Å². The molecule has 0 aliphatic rings. The lowest BCUT2D eigenvalue weighted by Crippen LogP contribution is -2.18. The molecule has 1 heterocycles. The Hall–Kier alpha value is -2.91. The van der Waals surface area contributed by atoms with E-state index < -0.39 is 14.9 Å². The number of nitrogens with two attached hydrogens (primary N) is 1. The average Bonchev–Trinajstić information content (AvgIpc) is 2.95. The quantitative estimate of drug-likeness (QED) is 0.551. The van der Waals surface area contributed by atoms with Crippen LogP contribution in [-0.2, 0) is 16.6 Å². The van der Waals surface area contributed by atoms with E-state index in [1.165, 1.54) is 12.1 Å². The van der Waals surface area contributed by atoms with Crippen molar-refractivity contribution in [1.82, 2.24) is 0 Å². The molecule has 0 amide bonds. The summed E-state index contributed by atoms with van der Waals surface area (Å²) in [6, 6.07) is 12.9. The van der Waals surface area contributed by atoms with Crippen molar-refractivity contribution >= 4 is 32.4 Å². The Balaban J connectivity index is 1.96. The van der Waals surface area contributed by atoms with Crippen LogP contribution in [0.4, 0.5) is 11.4 Å². The summed E-state index contributed by atoms with van der Waals surface area (Å²) >= 11 is 0. The Morgan fingerprint density at radius 2 is 1.92 bits per heavy atom. The first-order valence-electron chi connectivity index (χ1n) is 7.25. The summed E-state index contributed by atoms with van der Waals surface area (Å²) in [4.78, 5) is 11.7. The van der Waals surface area contributed by atoms with Gasteiger partial charge in [0.15, 0.2) is 0 Å². The number of nitro groups is 1. The largest absolute Gasteiger partial charge is 0.459 e. The van der Waals surface area contributed by atoms with E-state index in [4.69, 9.17) is 9.56 Å². The van der Waals surface area contributed by atoms with Gasteiger partial charge in [0.05, 0.1) is 16.4 Å². The average molecular weight is 361 g/mol. The summed E-state index contributed by atoms with van der Waals surface area (Å²) in [6.45, 7) is 0.305. The van der Waals surface area contributed by atoms with Crippen molar-refractivity contribution in [2.45, 2.75) is 11.4 Å². The zero-order valence-corrected chi connectivity index (χ0v) is 14.1. The smallest absolute Gasteiger partial charge is 0.272 e. The van der Waals surface area contributed by atoms with Gasteiger partial charge in [0, 0.05) is 30.3 Å². The monoisotopic (exact) mass is 361 g/mol. The number of nitrogens with zero attached hydrogens (tertiary/aromatic N) is 2. The van der Waals surface area contributed by atoms with E-state index >= 15 is 0 Å². The lowest BCUT2D eigenvalue weighted by molar-refractivity contribution is -0.385. The van der Waals surface area contributed by atoms with E-state index in [-0.39, 0.29) is 10.6 Å². The number of sulfonamides is 1. The molecular formula is C16H15N3O5S. The number of para-hydroxylation sites is 1. The Morgan fingerprint density at radius 1 is 1.20 bits per heavy atom. The number of primary sulfonamides is 1.